The van der Waals surface area contributed by atoms with Gasteiger partial charge < -0.3 is 18.9 Å². The number of ether oxygens (including phenoxy) is 4. The molecule has 0 unspecified atom stereocenters. The van der Waals surface area contributed by atoms with Gasteiger partial charge in [-0.1, -0.05) is 21.6 Å². The molecule has 0 aromatic heterocycles. The maximum absolute atomic E-state index is 11.0. The van der Waals surface area contributed by atoms with E-state index in [1.165, 1.54) is 14.2 Å². The molecule has 24 heavy (non-hydrogen) atoms. The van der Waals surface area contributed by atoms with Crippen molar-refractivity contribution < 1.29 is 28.5 Å². The van der Waals surface area contributed by atoms with Gasteiger partial charge in [0.25, 0.3) is 0 Å². The van der Waals surface area contributed by atoms with Crippen LogP contribution in [-0.4, -0.2) is 26.5 Å². The van der Waals surface area contributed by atoms with Gasteiger partial charge in [0.1, 0.15) is 11.5 Å². The van der Waals surface area contributed by atoms with Gasteiger partial charge in [-0.25, -0.2) is 9.59 Å². The molecule has 8 heteroatoms. The molecule has 0 bridgehead atoms. The Kier molecular flexibility index (Phi) is 6.83. The van der Waals surface area contributed by atoms with Crippen LogP contribution in [0.25, 0.3) is 0 Å². The molecule has 0 atom stereocenters. The molecule has 0 saturated carbocycles. The third kappa shape index (κ3) is 5.71. The van der Waals surface area contributed by atoms with Crippen LogP contribution in [0.5, 0.6) is 11.5 Å². The molecule has 0 radical (unpaired) electrons. The smallest absolute Gasteiger partial charge is 0.437 e. The van der Waals surface area contributed by atoms with Gasteiger partial charge in [0, 0.05) is 9.79 Å². The molecule has 2 rings (SSSR count). The Morgan fingerprint density at radius 2 is 1.00 bits per heavy atom. The monoisotopic (exact) mass is 366 g/mol. The minimum absolute atomic E-state index is 0.417. The first-order valence-corrected chi connectivity index (χ1v) is 8.82. The van der Waals surface area contributed by atoms with E-state index in [2.05, 4.69) is 9.47 Å². The Balaban J connectivity index is 1.86. The molecule has 6 nitrogen and oxygen atoms in total. The van der Waals surface area contributed by atoms with Gasteiger partial charge in [-0.3, -0.25) is 0 Å². The van der Waals surface area contributed by atoms with Crippen LogP contribution in [-0.2, 0) is 9.47 Å². The molecule has 0 aliphatic carbocycles. The molecule has 0 aliphatic heterocycles. The molecule has 0 aliphatic rings. The third-order valence-electron chi connectivity index (χ3n) is 2.62. The normalized spacial score (nSPS) is 9.92. The minimum Gasteiger partial charge on any atom is -0.437 e. The molecule has 0 saturated heterocycles. The van der Waals surface area contributed by atoms with E-state index in [0.29, 0.717) is 11.5 Å². The van der Waals surface area contributed by atoms with E-state index < -0.39 is 12.3 Å². The number of carbonyl (C=O) groups excluding carboxylic acids is 2. The van der Waals surface area contributed by atoms with Crippen molar-refractivity contribution in [1.82, 2.24) is 0 Å². The fourth-order valence-corrected chi connectivity index (χ4v) is 3.43. The third-order valence-corrected chi connectivity index (χ3v) is 5.03. The zero-order valence-electron chi connectivity index (χ0n) is 12.9. The van der Waals surface area contributed by atoms with E-state index in [0.717, 1.165) is 9.79 Å². The summed E-state index contributed by atoms with van der Waals surface area (Å²) in [5, 5.41) is 0. The standard InChI is InChI=1S/C16H14O6S2/c1-19-15(17)21-11-3-7-13(8-4-11)23-24-14-9-5-12(6-10-14)22-16(18)20-2/h3-10H,1-2H3. The van der Waals surface area contributed by atoms with Crippen LogP contribution in [0.3, 0.4) is 0 Å². The predicted octanol–water partition coefficient (Wildman–Crippen LogP) is 4.78. The second-order valence-electron chi connectivity index (χ2n) is 4.22. The van der Waals surface area contributed by atoms with Crippen molar-refractivity contribution in [3.8, 4) is 11.5 Å². The molecule has 0 amide bonds. The Bertz CT molecular complexity index is 623. The zero-order chi connectivity index (χ0) is 17.4. The van der Waals surface area contributed by atoms with Gasteiger partial charge in [0.15, 0.2) is 0 Å². The lowest BCUT2D eigenvalue weighted by molar-refractivity contribution is 0.120. The van der Waals surface area contributed by atoms with Crippen molar-refractivity contribution in [3.63, 3.8) is 0 Å². The Labute approximate surface area is 146 Å². The fraction of sp³-hybridized carbons (Fsp3) is 0.125. The summed E-state index contributed by atoms with van der Waals surface area (Å²) in [6.45, 7) is 0. The molecule has 2 aromatic carbocycles. The number of benzene rings is 2. The summed E-state index contributed by atoms with van der Waals surface area (Å²) in [5.74, 6) is 0.834. The van der Waals surface area contributed by atoms with Crippen molar-refractivity contribution in [2.45, 2.75) is 9.79 Å². The van der Waals surface area contributed by atoms with E-state index in [1.807, 2.05) is 24.3 Å². The van der Waals surface area contributed by atoms with Gasteiger partial charge in [-0.05, 0) is 48.5 Å². The maximum Gasteiger partial charge on any atom is 0.513 e. The molecule has 126 valence electrons. The molecular weight excluding hydrogens is 352 g/mol. The van der Waals surface area contributed by atoms with Gasteiger partial charge in [-0.15, -0.1) is 0 Å². The highest BCUT2D eigenvalue weighted by Crippen LogP contribution is 2.38. The average Bonchev–Trinajstić information content (AvgIpc) is 2.62. The van der Waals surface area contributed by atoms with Crippen LogP contribution in [0, 0.1) is 0 Å². The summed E-state index contributed by atoms with van der Waals surface area (Å²) in [5.41, 5.74) is 0. The summed E-state index contributed by atoms with van der Waals surface area (Å²) in [6, 6.07) is 14.1. The van der Waals surface area contributed by atoms with Gasteiger partial charge in [0.2, 0.25) is 0 Å². The summed E-state index contributed by atoms with van der Waals surface area (Å²) in [4.78, 5) is 24.0. The quantitative estimate of drug-likeness (QED) is 0.425. The first-order valence-electron chi connectivity index (χ1n) is 6.67. The van der Waals surface area contributed by atoms with E-state index in [9.17, 15) is 9.59 Å². The molecule has 0 fully saturated rings. The van der Waals surface area contributed by atoms with Crippen molar-refractivity contribution >= 4 is 33.9 Å². The molecule has 0 spiro atoms. The minimum atomic E-state index is -0.751. The lowest BCUT2D eigenvalue weighted by atomic mass is 10.3. The Hall–Kier alpha value is -2.32. The lowest BCUT2D eigenvalue weighted by Gasteiger charge is -2.05. The Morgan fingerprint density at radius 3 is 1.29 bits per heavy atom. The van der Waals surface area contributed by atoms with Crippen molar-refractivity contribution in [2.75, 3.05) is 14.2 Å². The van der Waals surface area contributed by atoms with Crippen LogP contribution in [0.15, 0.2) is 58.3 Å². The number of methoxy groups -OCH3 is 2. The van der Waals surface area contributed by atoms with Gasteiger partial charge in [-0.2, -0.15) is 0 Å². The topological polar surface area (TPSA) is 71.1 Å². The molecule has 0 N–H and O–H groups in total. The van der Waals surface area contributed by atoms with Crippen molar-refractivity contribution in [3.05, 3.63) is 48.5 Å². The number of carbonyl (C=O) groups is 2. The number of hydrogen-bond acceptors (Lipinski definition) is 8. The summed E-state index contributed by atoms with van der Waals surface area (Å²) >= 11 is 0. The van der Waals surface area contributed by atoms with Crippen LogP contribution >= 0.6 is 21.6 Å². The molecular formula is C16H14O6S2. The van der Waals surface area contributed by atoms with Crippen LogP contribution < -0.4 is 9.47 Å². The van der Waals surface area contributed by atoms with E-state index in [-0.39, 0.29) is 0 Å². The highest BCUT2D eigenvalue weighted by Gasteiger charge is 2.05. The summed E-state index contributed by atoms with van der Waals surface area (Å²) < 4.78 is 18.7. The van der Waals surface area contributed by atoms with E-state index >= 15 is 0 Å². The number of rotatable bonds is 5. The van der Waals surface area contributed by atoms with Gasteiger partial charge in [0.05, 0.1) is 14.2 Å². The fourth-order valence-electron chi connectivity index (χ4n) is 1.50. The first kappa shape index (κ1) is 18.0. The second-order valence-corrected chi connectivity index (χ2v) is 6.50. The van der Waals surface area contributed by atoms with Crippen molar-refractivity contribution in [2.24, 2.45) is 0 Å². The highest BCUT2D eigenvalue weighted by atomic mass is 33.1. The summed E-state index contributed by atoms with van der Waals surface area (Å²) in [7, 11) is 5.60. The predicted molar refractivity (Wildman–Crippen MR) is 90.7 cm³/mol. The second kappa shape index (κ2) is 9.09. The maximum atomic E-state index is 11.0. The van der Waals surface area contributed by atoms with Crippen molar-refractivity contribution in [1.29, 1.82) is 0 Å². The molecule has 0 heterocycles. The van der Waals surface area contributed by atoms with Crippen LogP contribution in [0.1, 0.15) is 0 Å². The van der Waals surface area contributed by atoms with Gasteiger partial charge >= 0.3 is 12.3 Å². The van der Waals surface area contributed by atoms with E-state index in [4.69, 9.17) is 9.47 Å². The largest absolute Gasteiger partial charge is 0.513 e. The molecule has 2 aromatic rings. The zero-order valence-corrected chi connectivity index (χ0v) is 14.5. The Morgan fingerprint density at radius 1 is 0.667 bits per heavy atom. The van der Waals surface area contributed by atoms with Crippen LogP contribution in [0.4, 0.5) is 9.59 Å². The summed E-state index contributed by atoms with van der Waals surface area (Å²) in [6.07, 6.45) is -1.50. The lowest BCUT2D eigenvalue weighted by Crippen LogP contribution is -2.06. The number of hydrogen-bond donors (Lipinski definition) is 0. The SMILES string of the molecule is COC(=O)Oc1ccc(SSc2ccc(OC(=O)OC)cc2)cc1. The van der Waals surface area contributed by atoms with Crippen LogP contribution in [0.2, 0.25) is 0 Å². The van der Waals surface area contributed by atoms with E-state index in [1.54, 1.807) is 45.9 Å². The average molecular weight is 366 g/mol. The highest BCUT2D eigenvalue weighted by molar-refractivity contribution is 8.76. The first-order chi connectivity index (χ1) is 11.6.